The maximum atomic E-state index is 12.7. The lowest BCUT2D eigenvalue weighted by molar-refractivity contribution is -0.155. The molecule has 4 fully saturated rings. The standard InChI is InChI=1S/C18H22F3N5O4/c19-18(20,21)13-3-11(26-30-13)15(28)24-12(7-17-4-9(5-17)6-17)16(29)25-23-8-10-1-2-22-14(10)27/h3,9-10,12,23H,1-2,4-8H2,(H,22,27)(H,24,28)(H,25,29). The van der Waals surface area contributed by atoms with Crippen LogP contribution in [-0.4, -0.2) is 42.0 Å². The van der Waals surface area contributed by atoms with E-state index >= 15 is 0 Å². The first-order valence-corrected chi connectivity index (χ1v) is 9.80. The van der Waals surface area contributed by atoms with Crippen LogP contribution in [0.15, 0.2) is 10.6 Å². The van der Waals surface area contributed by atoms with Gasteiger partial charge in [0.05, 0.1) is 5.92 Å². The molecule has 9 nitrogen and oxygen atoms in total. The Morgan fingerprint density at radius 2 is 2.07 bits per heavy atom. The molecule has 5 rings (SSSR count). The molecule has 1 aromatic rings. The van der Waals surface area contributed by atoms with E-state index in [0.29, 0.717) is 31.4 Å². The minimum absolute atomic E-state index is 0.00769. The number of hydrogen-bond acceptors (Lipinski definition) is 6. The molecule has 12 heteroatoms. The third-order valence-electron chi connectivity index (χ3n) is 6.17. The molecule has 3 saturated carbocycles. The molecule has 3 amide bonds. The SMILES string of the molecule is O=C(NC(CC12CC(C1)C2)C(=O)NNCC1CCNC1=O)c1cc(C(F)(F)F)on1. The van der Waals surface area contributed by atoms with E-state index in [1.807, 2.05) is 0 Å². The van der Waals surface area contributed by atoms with Gasteiger partial charge in [-0.05, 0) is 43.4 Å². The summed E-state index contributed by atoms with van der Waals surface area (Å²) in [5.74, 6) is -2.52. The molecular weight excluding hydrogens is 407 g/mol. The molecule has 1 aromatic heterocycles. The van der Waals surface area contributed by atoms with Crippen molar-refractivity contribution in [2.45, 2.75) is 44.3 Å². The van der Waals surface area contributed by atoms with Gasteiger partial charge in [-0.15, -0.1) is 0 Å². The van der Waals surface area contributed by atoms with E-state index in [2.05, 4.69) is 31.2 Å². The number of nitrogens with one attached hydrogen (secondary N) is 4. The van der Waals surface area contributed by atoms with E-state index in [9.17, 15) is 27.6 Å². The third kappa shape index (κ3) is 4.13. The summed E-state index contributed by atoms with van der Waals surface area (Å²) in [5, 5.41) is 8.33. The summed E-state index contributed by atoms with van der Waals surface area (Å²) in [5.41, 5.74) is 4.66. The Kier molecular flexibility index (Phi) is 5.20. The maximum Gasteiger partial charge on any atom is 0.452 e. The van der Waals surface area contributed by atoms with Gasteiger partial charge in [0.1, 0.15) is 6.04 Å². The van der Waals surface area contributed by atoms with Crippen molar-refractivity contribution in [1.29, 1.82) is 0 Å². The average Bonchev–Trinajstić information content (AvgIpc) is 3.25. The smallest absolute Gasteiger partial charge is 0.356 e. The van der Waals surface area contributed by atoms with Crippen LogP contribution in [0, 0.1) is 17.3 Å². The number of aromatic nitrogens is 1. The van der Waals surface area contributed by atoms with Crippen molar-refractivity contribution in [1.82, 2.24) is 26.6 Å². The number of hydrazine groups is 1. The van der Waals surface area contributed by atoms with Crippen LogP contribution in [0.2, 0.25) is 0 Å². The number of rotatable bonds is 8. The van der Waals surface area contributed by atoms with E-state index in [0.717, 1.165) is 19.3 Å². The minimum atomic E-state index is -4.76. The normalized spacial score (nSPS) is 28.2. The predicted octanol–water partition coefficient (Wildman–Crippen LogP) is 0.739. The van der Waals surface area contributed by atoms with Crippen LogP contribution in [-0.2, 0) is 15.8 Å². The van der Waals surface area contributed by atoms with Gasteiger partial charge in [0.25, 0.3) is 11.8 Å². The zero-order valence-corrected chi connectivity index (χ0v) is 16.0. The van der Waals surface area contributed by atoms with Crippen LogP contribution in [0.3, 0.4) is 0 Å². The fourth-order valence-corrected chi connectivity index (χ4v) is 4.49. The molecule has 1 saturated heterocycles. The lowest BCUT2D eigenvalue weighted by atomic mass is 9.43. The van der Waals surface area contributed by atoms with Crippen molar-refractivity contribution < 1.29 is 32.1 Å². The Morgan fingerprint density at radius 3 is 2.60 bits per heavy atom. The van der Waals surface area contributed by atoms with Crippen LogP contribution in [0.4, 0.5) is 13.2 Å². The minimum Gasteiger partial charge on any atom is -0.356 e. The van der Waals surface area contributed by atoms with Gasteiger partial charge in [-0.1, -0.05) is 5.16 Å². The number of amides is 3. The summed E-state index contributed by atoms with van der Waals surface area (Å²) in [6, 6.07) is -0.447. The first-order chi connectivity index (χ1) is 14.2. The summed E-state index contributed by atoms with van der Waals surface area (Å²) in [6.07, 6.45) is -0.791. The summed E-state index contributed by atoms with van der Waals surface area (Å²) < 4.78 is 42.2. The summed E-state index contributed by atoms with van der Waals surface area (Å²) in [4.78, 5) is 36.6. The predicted molar refractivity (Wildman–Crippen MR) is 94.4 cm³/mol. The van der Waals surface area contributed by atoms with Gasteiger partial charge in [-0.3, -0.25) is 19.8 Å². The number of carbonyl (C=O) groups is 3. The van der Waals surface area contributed by atoms with Crippen molar-refractivity contribution >= 4 is 17.7 Å². The Bertz CT molecular complexity index is 838. The molecule has 0 aromatic carbocycles. The molecule has 0 spiro atoms. The van der Waals surface area contributed by atoms with Gasteiger partial charge in [0, 0.05) is 19.2 Å². The molecule has 4 N–H and O–H groups in total. The maximum absolute atomic E-state index is 12.7. The van der Waals surface area contributed by atoms with Crippen molar-refractivity contribution in [3.05, 3.63) is 17.5 Å². The van der Waals surface area contributed by atoms with E-state index < -0.39 is 35.5 Å². The second kappa shape index (κ2) is 7.56. The number of nitrogens with zero attached hydrogens (tertiary/aromatic N) is 1. The molecule has 2 heterocycles. The Labute approximate surface area is 169 Å². The monoisotopic (exact) mass is 429 g/mol. The lowest BCUT2D eigenvalue weighted by Gasteiger charge is -2.63. The molecule has 0 radical (unpaired) electrons. The van der Waals surface area contributed by atoms with E-state index in [1.54, 1.807) is 0 Å². The van der Waals surface area contributed by atoms with Crippen molar-refractivity contribution in [2.24, 2.45) is 17.3 Å². The topological polar surface area (TPSA) is 125 Å². The molecular formula is C18H22F3N5O4. The molecule has 3 aliphatic carbocycles. The second-order valence-corrected chi connectivity index (χ2v) is 8.43. The van der Waals surface area contributed by atoms with Gasteiger partial charge in [0.15, 0.2) is 5.69 Å². The van der Waals surface area contributed by atoms with Crippen LogP contribution in [0.25, 0.3) is 0 Å². The summed E-state index contributed by atoms with van der Waals surface area (Å²) >= 11 is 0. The average molecular weight is 429 g/mol. The van der Waals surface area contributed by atoms with Crippen LogP contribution < -0.4 is 21.5 Å². The molecule has 2 bridgehead atoms. The molecule has 2 atom stereocenters. The van der Waals surface area contributed by atoms with Gasteiger partial charge in [0.2, 0.25) is 11.7 Å². The third-order valence-corrected chi connectivity index (χ3v) is 6.17. The van der Waals surface area contributed by atoms with Gasteiger partial charge in [-0.25, -0.2) is 5.43 Å². The number of alkyl halides is 3. The van der Waals surface area contributed by atoms with Crippen molar-refractivity contribution in [2.75, 3.05) is 13.1 Å². The fourth-order valence-electron chi connectivity index (χ4n) is 4.49. The number of hydrogen-bond donors (Lipinski definition) is 4. The Hall–Kier alpha value is -2.63. The first-order valence-electron chi connectivity index (χ1n) is 9.80. The van der Waals surface area contributed by atoms with E-state index in [-0.39, 0.29) is 23.8 Å². The Balaban J connectivity index is 1.36. The van der Waals surface area contributed by atoms with Crippen LogP contribution in [0.1, 0.15) is 48.4 Å². The van der Waals surface area contributed by atoms with E-state index in [4.69, 9.17) is 0 Å². The molecule has 4 aliphatic rings. The molecule has 2 unspecified atom stereocenters. The first kappa shape index (κ1) is 20.6. The highest BCUT2D eigenvalue weighted by Crippen LogP contribution is 2.66. The van der Waals surface area contributed by atoms with Crippen molar-refractivity contribution in [3.63, 3.8) is 0 Å². The lowest BCUT2D eigenvalue weighted by Crippen LogP contribution is -2.59. The highest BCUT2D eigenvalue weighted by atomic mass is 19.4. The zero-order chi connectivity index (χ0) is 21.5. The zero-order valence-electron chi connectivity index (χ0n) is 16.0. The molecule has 30 heavy (non-hydrogen) atoms. The highest BCUT2D eigenvalue weighted by Gasteiger charge is 2.57. The largest absolute Gasteiger partial charge is 0.452 e. The quantitative estimate of drug-likeness (QED) is 0.452. The molecule has 164 valence electrons. The van der Waals surface area contributed by atoms with Gasteiger partial charge < -0.3 is 15.2 Å². The van der Waals surface area contributed by atoms with Crippen LogP contribution in [0.5, 0.6) is 0 Å². The number of halogens is 3. The Morgan fingerprint density at radius 1 is 1.33 bits per heavy atom. The van der Waals surface area contributed by atoms with Gasteiger partial charge in [-0.2, -0.15) is 13.2 Å². The van der Waals surface area contributed by atoms with E-state index in [1.165, 1.54) is 0 Å². The second-order valence-electron chi connectivity index (χ2n) is 8.43. The summed E-state index contributed by atoms with van der Waals surface area (Å²) in [6.45, 7) is 0.822. The number of carbonyl (C=O) groups excluding carboxylic acids is 3. The summed E-state index contributed by atoms with van der Waals surface area (Å²) in [7, 11) is 0. The van der Waals surface area contributed by atoms with Gasteiger partial charge >= 0.3 is 6.18 Å². The molecule has 1 aliphatic heterocycles. The van der Waals surface area contributed by atoms with Crippen LogP contribution >= 0.6 is 0 Å². The fraction of sp³-hybridized carbons (Fsp3) is 0.667. The van der Waals surface area contributed by atoms with Crippen molar-refractivity contribution in [3.8, 4) is 0 Å². The highest BCUT2D eigenvalue weighted by molar-refractivity contribution is 5.96.